The lowest BCUT2D eigenvalue weighted by molar-refractivity contribution is -0.148. The maximum atomic E-state index is 12.3. The Labute approximate surface area is 128 Å². The van der Waals surface area contributed by atoms with Crippen molar-refractivity contribution < 1.29 is 9.53 Å². The van der Waals surface area contributed by atoms with Gasteiger partial charge in [-0.25, -0.2) is 0 Å². The molecule has 0 aromatic rings. The Morgan fingerprint density at radius 3 is 2.52 bits per heavy atom. The topological polar surface area (TPSA) is 44.8 Å². The number of ether oxygens (including phenoxy) is 1. The van der Waals surface area contributed by atoms with Gasteiger partial charge < -0.3 is 9.64 Å². The van der Waals surface area contributed by atoms with Crippen LogP contribution >= 0.6 is 0 Å². The maximum Gasteiger partial charge on any atom is 0.326 e. The van der Waals surface area contributed by atoms with Crippen LogP contribution in [-0.2, 0) is 9.53 Å². The van der Waals surface area contributed by atoms with E-state index >= 15 is 0 Å². The Morgan fingerprint density at radius 2 is 1.95 bits per heavy atom. The molecule has 3 fully saturated rings. The molecule has 5 nitrogen and oxygen atoms in total. The van der Waals surface area contributed by atoms with E-state index in [1.54, 1.807) is 0 Å². The fourth-order valence-electron chi connectivity index (χ4n) is 3.96. The Bertz CT molecular complexity index is 378. The van der Waals surface area contributed by atoms with Crippen LogP contribution < -0.4 is 5.32 Å². The molecular formula is C16H29N3O2. The third kappa shape index (κ3) is 3.25. The Kier molecular flexibility index (Phi) is 4.52. The molecule has 2 atom stereocenters. The fourth-order valence-corrected chi connectivity index (χ4v) is 3.96. The number of esters is 1. The zero-order valence-electron chi connectivity index (χ0n) is 13.4. The predicted octanol–water partition coefficient (Wildman–Crippen LogP) is 0.840. The molecule has 1 saturated heterocycles. The number of nitrogens with zero attached hydrogens (tertiary/aromatic N) is 2. The molecule has 0 aromatic heterocycles. The first-order chi connectivity index (χ1) is 10.2. The number of carbonyl (C=O) groups is 1. The second kappa shape index (κ2) is 6.23. The molecule has 120 valence electrons. The normalized spacial score (nSPS) is 35.0. The van der Waals surface area contributed by atoms with Gasteiger partial charge in [-0.05, 0) is 38.6 Å². The molecule has 1 aliphatic heterocycles. The van der Waals surface area contributed by atoms with Crippen LogP contribution in [0.2, 0.25) is 0 Å². The van der Waals surface area contributed by atoms with E-state index in [4.69, 9.17) is 4.74 Å². The van der Waals surface area contributed by atoms with Crippen LogP contribution in [0.15, 0.2) is 0 Å². The van der Waals surface area contributed by atoms with Crippen LogP contribution in [0.5, 0.6) is 0 Å². The summed E-state index contributed by atoms with van der Waals surface area (Å²) in [4.78, 5) is 17.4. The molecule has 1 heterocycles. The Hall–Kier alpha value is -0.650. The van der Waals surface area contributed by atoms with Gasteiger partial charge in [-0.2, -0.15) is 0 Å². The van der Waals surface area contributed by atoms with E-state index < -0.39 is 5.54 Å². The lowest BCUT2D eigenvalue weighted by atomic mass is 9.96. The minimum atomic E-state index is -0.414. The van der Waals surface area contributed by atoms with Crippen molar-refractivity contribution in [1.82, 2.24) is 15.1 Å². The van der Waals surface area contributed by atoms with Crippen molar-refractivity contribution >= 4 is 5.97 Å². The molecule has 0 radical (unpaired) electrons. The zero-order valence-corrected chi connectivity index (χ0v) is 13.4. The summed E-state index contributed by atoms with van der Waals surface area (Å²) in [5.74, 6) is -0.0518. The number of hydrogen-bond donors (Lipinski definition) is 1. The monoisotopic (exact) mass is 295 g/mol. The molecule has 3 aliphatic rings. The summed E-state index contributed by atoms with van der Waals surface area (Å²) in [5.41, 5.74) is -0.414. The zero-order chi connectivity index (χ0) is 14.9. The SMILES string of the molecule is CCN1CCN(C2CCC(NC3CC3)(C(=O)OC)C2)CC1. The summed E-state index contributed by atoms with van der Waals surface area (Å²) >= 11 is 0. The van der Waals surface area contributed by atoms with Crippen LogP contribution in [0.4, 0.5) is 0 Å². The van der Waals surface area contributed by atoms with Crippen LogP contribution in [0.25, 0.3) is 0 Å². The highest BCUT2D eigenvalue weighted by molar-refractivity contribution is 5.81. The van der Waals surface area contributed by atoms with E-state index in [0.717, 1.165) is 52.0 Å². The van der Waals surface area contributed by atoms with E-state index in [9.17, 15) is 4.79 Å². The summed E-state index contributed by atoms with van der Waals surface area (Å²) in [6, 6.07) is 1.08. The van der Waals surface area contributed by atoms with Crippen molar-refractivity contribution in [3.63, 3.8) is 0 Å². The third-order valence-electron chi connectivity index (χ3n) is 5.49. The second-order valence-corrected chi connectivity index (χ2v) is 6.86. The van der Waals surface area contributed by atoms with Gasteiger partial charge in [0.15, 0.2) is 0 Å². The molecule has 1 N–H and O–H groups in total. The molecule has 0 bridgehead atoms. The molecule has 2 aliphatic carbocycles. The van der Waals surface area contributed by atoms with Gasteiger partial charge >= 0.3 is 5.97 Å². The highest BCUT2D eigenvalue weighted by Gasteiger charge is 2.50. The van der Waals surface area contributed by atoms with E-state index in [1.807, 2.05) is 0 Å². The minimum absolute atomic E-state index is 0.0518. The first kappa shape index (κ1) is 15.3. The molecule has 0 spiro atoms. The van der Waals surface area contributed by atoms with Crippen molar-refractivity contribution in [2.24, 2.45) is 0 Å². The summed E-state index contributed by atoms with van der Waals surface area (Å²) < 4.78 is 5.11. The van der Waals surface area contributed by atoms with E-state index in [2.05, 4.69) is 22.0 Å². The highest BCUT2D eigenvalue weighted by Crippen LogP contribution is 2.37. The summed E-state index contributed by atoms with van der Waals surface area (Å²) in [6.45, 7) is 7.97. The molecule has 0 amide bonds. The van der Waals surface area contributed by atoms with Gasteiger partial charge in [0.1, 0.15) is 5.54 Å². The van der Waals surface area contributed by atoms with E-state index in [0.29, 0.717) is 12.1 Å². The highest BCUT2D eigenvalue weighted by atomic mass is 16.5. The van der Waals surface area contributed by atoms with Crippen LogP contribution in [0, 0.1) is 0 Å². The average molecular weight is 295 g/mol. The number of piperazine rings is 1. The van der Waals surface area contributed by atoms with Crippen LogP contribution in [-0.4, -0.2) is 73.2 Å². The van der Waals surface area contributed by atoms with Crippen LogP contribution in [0.1, 0.15) is 39.0 Å². The summed E-state index contributed by atoms with van der Waals surface area (Å²) in [5, 5.41) is 3.59. The largest absolute Gasteiger partial charge is 0.468 e. The summed E-state index contributed by atoms with van der Waals surface area (Å²) in [6.07, 6.45) is 5.37. The van der Waals surface area contributed by atoms with Gasteiger partial charge in [0.2, 0.25) is 0 Å². The lowest BCUT2D eigenvalue weighted by Gasteiger charge is -2.38. The van der Waals surface area contributed by atoms with Crippen molar-refractivity contribution in [1.29, 1.82) is 0 Å². The minimum Gasteiger partial charge on any atom is -0.468 e. The Morgan fingerprint density at radius 1 is 1.24 bits per heavy atom. The van der Waals surface area contributed by atoms with Gasteiger partial charge in [-0.3, -0.25) is 15.0 Å². The summed E-state index contributed by atoms with van der Waals surface area (Å²) in [7, 11) is 1.52. The average Bonchev–Trinajstić information content (AvgIpc) is 3.23. The van der Waals surface area contributed by atoms with Gasteiger partial charge in [-0.1, -0.05) is 6.92 Å². The van der Waals surface area contributed by atoms with Gasteiger partial charge in [0.05, 0.1) is 7.11 Å². The predicted molar refractivity (Wildman–Crippen MR) is 82.2 cm³/mol. The second-order valence-electron chi connectivity index (χ2n) is 6.86. The van der Waals surface area contributed by atoms with Gasteiger partial charge in [-0.15, -0.1) is 0 Å². The lowest BCUT2D eigenvalue weighted by Crippen LogP contribution is -2.54. The number of carbonyl (C=O) groups excluding carboxylic acids is 1. The standard InChI is InChI=1S/C16H29N3O2/c1-3-18-8-10-19(11-9-18)14-6-7-16(12-14,15(20)21-2)17-13-4-5-13/h13-14,17H,3-12H2,1-2H3. The Balaban J connectivity index is 1.60. The maximum absolute atomic E-state index is 12.3. The van der Waals surface area contributed by atoms with E-state index in [1.165, 1.54) is 20.0 Å². The first-order valence-corrected chi connectivity index (χ1v) is 8.49. The van der Waals surface area contributed by atoms with Gasteiger partial charge in [0.25, 0.3) is 0 Å². The number of methoxy groups -OCH3 is 1. The third-order valence-corrected chi connectivity index (χ3v) is 5.49. The molecule has 21 heavy (non-hydrogen) atoms. The number of hydrogen-bond acceptors (Lipinski definition) is 5. The molecule has 0 aromatic carbocycles. The van der Waals surface area contributed by atoms with Crippen molar-refractivity contribution in [3.8, 4) is 0 Å². The molecule has 2 unspecified atom stereocenters. The first-order valence-electron chi connectivity index (χ1n) is 8.49. The molecule has 2 saturated carbocycles. The molecular weight excluding hydrogens is 266 g/mol. The molecule has 3 rings (SSSR count). The number of nitrogens with one attached hydrogen (secondary N) is 1. The van der Waals surface area contributed by atoms with Crippen LogP contribution in [0.3, 0.4) is 0 Å². The van der Waals surface area contributed by atoms with Crippen molar-refractivity contribution in [2.45, 2.75) is 56.7 Å². The van der Waals surface area contributed by atoms with E-state index in [-0.39, 0.29) is 5.97 Å². The molecule has 5 heteroatoms. The number of likely N-dealkylation sites (N-methyl/N-ethyl adjacent to an activating group) is 1. The quantitative estimate of drug-likeness (QED) is 0.762. The fraction of sp³-hybridized carbons (Fsp3) is 0.938. The van der Waals surface area contributed by atoms with Crippen molar-refractivity contribution in [3.05, 3.63) is 0 Å². The smallest absolute Gasteiger partial charge is 0.326 e. The number of rotatable bonds is 5. The van der Waals surface area contributed by atoms with Crippen molar-refractivity contribution in [2.75, 3.05) is 39.8 Å². The van der Waals surface area contributed by atoms with Gasteiger partial charge in [0, 0.05) is 38.3 Å².